The topological polar surface area (TPSA) is 50.8 Å². The van der Waals surface area contributed by atoms with Crippen LogP contribution in [-0.2, 0) is 4.79 Å². The summed E-state index contributed by atoms with van der Waals surface area (Å²) >= 11 is 5.38. The van der Waals surface area contributed by atoms with E-state index in [2.05, 4.69) is 5.32 Å². The van der Waals surface area contributed by atoms with Crippen LogP contribution in [0, 0.1) is 13.8 Å². The lowest BCUT2D eigenvalue weighted by Gasteiger charge is -2.15. The van der Waals surface area contributed by atoms with E-state index in [1.165, 1.54) is 10.5 Å². The first-order valence-corrected chi connectivity index (χ1v) is 9.10. The van der Waals surface area contributed by atoms with E-state index in [0.29, 0.717) is 28.9 Å². The number of ether oxygens (including phenoxy) is 2. The lowest BCUT2D eigenvalue weighted by molar-refractivity contribution is -0.113. The lowest BCUT2D eigenvalue weighted by atomic mass is 10.1. The number of hydrogen-bond acceptors (Lipinski definition) is 4. The van der Waals surface area contributed by atoms with Gasteiger partial charge in [0.25, 0.3) is 5.91 Å². The van der Waals surface area contributed by atoms with E-state index in [1.807, 2.05) is 57.2 Å². The van der Waals surface area contributed by atoms with E-state index in [-0.39, 0.29) is 5.91 Å². The Balaban J connectivity index is 1.92. The summed E-state index contributed by atoms with van der Waals surface area (Å²) in [6, 6.07) is 11.4. The minimum absolute atomic E-state index is 0.183. The average molecular weight is 382 g/mol. The van der Waals surface area contributed by atoms with Crippen LogP contribution in [0.1, 0.15) is 23.6 Å². The molecule has 0 aromatic heterocycles. The number of hydrogen-bond donors (Lipinski definition) is 1. The summed E-state index contributed by atoms with van der Waals surface area (Å²) in [5.74, 6) is 1.10. The Kier molecular flexibility index (Phi) is 5.46. The third kappa shape index (κ3) is 3.80. The molecule has 0 bridgehead atoms. The molecule has 1 fully saturated rings. The maximum atomic E-state index is 12.9. The molecular formula is C21H22N2O3S. The van der Waals surface area contributed by atoms with Crippen molar-refractivity contribution in [2.75, 3.05) is 18.6 Å². The number of nitrogens with zero attached hydrogens (tertiary/aromatic N) is 1. The largest absolute Gasteiger partial charge is 0.493 e. The van der Waals surface area contributed by atoms with Crippen molar-refractivity contribution >= 4 is 35.0 Å². The summed E-state index contributed by atoms with van der Waals surface area (Å²) in [7, 11) is 1.60. The second-order valence-electron chi connectivity index (χ2n) is 6.24. The highest BCUT2D eigenvalue weighted by Crippen LogP contribution is 2.30. The first-order valence-electron chi connectivity index (χ1n) is 8.69. The molecule has 1 heterocycles. The molecule has 27 heavy (non-hydrogen) atoms. The van der Waals surface area contributed by atoms with Gasteiger partial charge in [-0.1, -0.05) is 12.1 Å². The molecule has 6 heteroatoms. The molecule has 1 N–H and O–H groups in total. The maximum absolute atomic E-state index is 12.9. The first-order chi connectivity index (χ1) is 12.9. The Labute approximate surface area is 164 Å². The monoisotopic (exact) mass is 382 g/mol. The maximum Gasteiger partial charge on any atom is 0.281 e. The van der Waals surface area contributed by atoms with Gasteiger partial charge in [0.15, 0.2) is 16.6 Å². The van der Waals surface area contributed by atoms with Crippen LogP contribution in [0.25, 0.3) is 6.08 Å². The van der Waals surface area contributed by atoms with Crippen molar-refractivity contribution in [3.63, 3.8) is 0 Å². The van der Waals surface area contributed by atoms with Gasteiger partial charge in [-0.25, -0.2) is 0 Å². The number of benzene rings is 2. The Bertz CT molecular complexity index is 937. The molecule has 1 saturated heterocycles. The highest BCUT2D eigenvalue weighted by Gasteiger charge is 2.32. The number of rotatable bonds is 5. The van der Waals surface area contributed by atoms with E-state index >= 15 is 0 Å². The van der Waals surface area contributed by atoms with E-state index in [1.54, 1.807) is 13.2 Å². The molecule has 0 saturated carbocycles. The van der Waals surface area contributed by atoms with Crippen LogP contribution < -0.4 is 19.7 Å². The molecular weight excluding hydrogens is 360 g/mol. The fourth-order valence-corrected chi connectivity index (χ4v) is 3.15. The first kappa shape index (κ1) is 18.9. The molecule has 0 unspecified atom stereocenters. The Morgan fingerprint density at radius 3 is 2.56 bits per heavy atom. The zero-order valence-corrected chi connectivity index (χ0v) is 16.6. The third-order valence-corrected chi connectivity index (χ3v) is 4.71. The molecule has 0 radical (unpaired) electrons. The summed E-state index contributed by atoms with van der Waals surface area (Å²) in [6.07, 6.45) is 1.76. The fraction of sp³-hybridized carbons (Fsp3) is 0.238. The van der Waals surface area contributed by atoms with Crippen molar-refractivity contribution < 1.29 is 14.3 Å². The predicted molar refractivity (Wildman–Crippen MR) is 111 cm³/mol. The zero-order chi connectivity index (χ0) is 19.6. The molecule has 2 aromatic carbocycles. The second-order valence-corrected chi connectivity index (χ2v) is 6.63. The van der Waals surface area contributed by atoms with Gasteiger partial charge in [-0.2, -0.15) is 0 Å². The number of thiocarbonyl (C=S) groups is 1. The molecule has 0 spiro atoms. The smallest absolute Gasteiger partial charge is 0.281 e. The van der Waals surface area contributed by atoms with Crippen LogP contribution >= 0.6 is 12.2 Å². The van der Waals surface area contributed by atoms with Gasteiger partial charge in [0.1, 0.15) is 5.70 Å². The SMILES string of the molecule is CCOc1cc(/C=C2\NC(=S)N(c3ccc(C)c(C)c3)C2=O)ccc1OC. The van der Waals surface area contributed by atoms with Gasteiger partial charge >= 0.3 is 0 Å². The van der Waals surface area contributed by atoms with Crippen molar-refractivity contribution in [1.29, 1.82) is 0 Å². The van der Waals surface area contributed by atoms with Crippen LogP contribution in [0.4, 0.5) is 5.69 Å². The average Bonchev–Trinajstić information content (AvgIpc) is 2.91. The van der Waals surface area contributed by atoms with Gasteiger partial charge in [-0.3, -0.25) is 9.69 Å². The molecule has 140 valence electrons. The van der Waals surface area contributed by atoms with Crippen molar-refractivity contribution in [1.82, 2.24) is 5.32 Å². The normalized spacial score (nSPS) is 15.3. The molecule has 1 amide bonds. The van der Waals surface area contributed by atoms with Gasteiger partial charge in [-0.15, -0.1) is 0 Å². The number of nitrogens with one attached hydrogen (secondary N) is 1. The summed E-state index contributed by atoms with van der Waals surface area (Å²) in [6.45, 7) is 6.48. The zero-order valence-electron chi connectivity index (χ0n) is 15.8. The lowest BCUT2D eigenvalue weighted by Crippen LogP contribution is -2.30. The quantitative estimate of drug-likeness (QED) is 0.626. The van der Waals surface area contributed by atoms with Gasteiger partial charge in [0, 0.05) is 0 Å². The number of anilines is 1. The number of amides is 1. The number of aryl methyl sites for hydroxylation is 2. The summed E-state index contributed by atoms with van der Waals surface area (Å²) in [5.41, 5.74) is 4.28. The number of methoxy groups -OCH3 is 1. The molecule has 1 aliphatic heterocycles. The van der Waals surface area contributed by atoms with E-state index < -0.39 is 0 Å². The van der Waals surface area contributed by atoms with Crippen LogP contribution in [0.15, 0.2) is 42.1 Å². The van der Waals surface area contributed by atoms with Crippen molar-refractivity contribution in [3.05, 3.63) is 58.8 Å². The van der Waals surface area contributed by atoms with Crippen molar-refractivity contribution in [3.8, 4) is 11.5 Å². The van der Waals surface area contributed by atoms with Gasteiger partial charge in [-0.05, 0) is 80.0 Å². The minimum Gasteiger partial charge on any atom is -0.493 e. The highest BCUT2D eigenvalue weighted by molar-refractivity contribution is 7.80. The third-order valence-electron chi connectivity index (χ3n) is 4.43. The molecule has 0 atom stereocenters. The van der Waals surface area contributed by atoms with Crippen molar-refractivity contribution in [2.24, 2.45) is 0 Å². The van der Waals surface area contributed by atoms with E-state index in [4.69, 9.17) is 21.7 Å². The standard InChI is InChI=1S/C21H22N2O3S/c1-5-26-19-12-15(7-9-18(19)25-4)11-17-20(24)23(21(27)22-17)16-8-6-13(2)14(3)10-16/h6-12H,5H2,1-4H3,(H,22,27)/b17-11-. The Hall–Kier alpha value is -2.86. The van der Waals surface area contributed by atoms with Gasteiger partial charge in [0.05, 0.1) is 19.4 Å². The van der Waals surface area contributed by atoms with Gasteiger partial charge in [0.2, 0.25) is 0 Å². The predicted octanol–water partition coefficient (Wildman–Crippen LogP) is 3.97. The molecule has 5 nitrogen and oxygen atoms in total. The van der Waals surface area contributed by atoms with Crippen LogP contribution in [0.3, 0.4) is 0 Å². The summed E-state index contributed by atoms with van der Waals surface area (Å²) < 4.78 is 10.9. The van der Waals surface area contributed by atoms with E-state index in [0.717, 1.165) is 16.8 Å². The summed E-state index contributed by atoms with van der Waals surface area (Å²) in [5, 5.41) is 3.38. The summed E-state index contributed by atoms with van der Waals surface area (Å²) in [4.78, 5) is 14.4. The highest BCUT2D eigenvalue weighted by atomic mass is 32.1. The minimum atomic E-state index is -0.183. The number of carbonyl (C=O) groups is 1. The Morgan fingerprint density at radius 2 is 1.89 bits per heavy atom. The van der Waals surface area contributed by atoms with Crippen LogP contribution in [0.2, 0.25) is 0 Å². The Morgan fingerprint density at radius 1 is 1.11 bits per heavy atom. The number of carbonyl (C=O) groups excluding carboxylic acids is 1. The molecule has 0 aliphatic carbocycles. The van der Waals surface area contributed by atoms with Crippen LogP contribution in [0.5, 0.6) is 11.5 Å². The van der Waals surface area contributed by atoms with Gasteiger partial charge < -0.3 is 14.8 Å². The van der Waals surface area contributed by atoms with Crippen LogP contribution in [-0.4, -0.2) is 24.7 Å². The molecule has 2 aromatic rings. The fourth-order valence-electron chi connectivity index (χ4n) is 2.85. The van der Waals surface area contributed by atoms with E-state index in [9.17, 15) is 4.79 Å². The second kappa shape index (κ2) is 7.80. The van der Waals surface area contributed by atoms with Crippen molar-refractivity contribution in [2.45, 2.75) is 20.8 Å². The molecule has 3 rings (SSSR count). The molecule has 1 aliphatic rings.